The van der Waals surface area contributed by atoms with Crippen molar-refractivity contribution < 1.29 is 15.3 Å². The van der Waals surface area contributed by atoms with Crippen LogP contribution in [0.4, 0.5) is 0 Å². The minimum absolute atomic E-state index is 0.0432. The van der Waals surface area contributed by atoms with Crippen LogP contribution in [0.5, 0.6) is 11.5 Å². The first-order valence-electron chi connectivity index (χ1n) is 5.92. The number of benzene rings is 1. The summed E-state index contributed by atoms with van der Waals surface area (Å²) in [6, 6.07) is 4.90. The average molecular weight is 239 g/mol. The van der Waals surface area contributed by atoms with Gasteiger partial charge in [-0.1, -0.05) is 0 Å². The van der Waals surface area contributed by atoms with Crippen molar-refractivity contribution in [2.45, 2.75) is 38.8 Å². The molecule has 0 aliphatic carbocycles. The lowest BCUT2D eigenvalue weighted by atomic mass is 10.1. The van der Waals surface area contributed by atoms with Crippen molar-refractivity contribution >= 4 is 0 Å². The first kappa shape index (κ1) is 13.8. The summed E-state index contributed by atoms with van der Waals surface area (Å²) in [4.78, 5) is 0. The molecular formula is C13H21NO3. The zero-order chi connectivity index (χ0) is 12.8. The average Bonchev–Trinajstić information content (AvgIpc) is 2.25. The molecule has 1 aromatic carbocycles. The first-order chi connectivity index (χ1) is 8.02. The van der Waals surface area contributed by atoms with Gasteiger partial charge in [0.05, 0.1) is 0 Å². The molecule has 0 fully saturated rings. The van der Waals surface area contributed by atoms with Crippen LogP contribution in [-0.4, -0.2) is 28.0 Å². The Hall–Kier alpha value is -1.26. The van der Waals surface area contributed by atoms with Crippen molar-refractivity contribution in [2.24, 2.45) is 0 Å². The number of aliphatic hydroxyl groups is 1. The van der Waals surface area contributed by atoms with Crippen molar-refractivity contribution in [3.05, 3.63) is 23.8 Å². The third-order valence-electron chi connectivity index (χ3n) is 2.75. The molecule has 96 valence electrons. The standard InChI is InChI=1S/C13H21NO3/c1-9(4-3-5-15)14-10(2)11-6-12(16)8-13(17)7-11/h6-10,14-17H,3-5H2,1-2H3. The van der Waals surface area contributed by atoms with Gasteiger partial charge in [0.1, 0.15) is 11.5 Å². The summed E-state index contributed by atoms with van der Waals surface area (Å²) < 4.78 is 0. The number of phenolic OH excluding ortho intramolecular Hbond substituents is 2. The lowest BCUT2D eigenvalue weighted by Gasteiger charge is -2.20. The maximum atomic E-state index is 9.40. The Labute approximate surface area is 102 Å². The normalized spacial score (nSPS) is 14.5. The van der Waals surface area contributed by atoms with E-state index in [4.69, 9.17) is 5.11 Å². The van der Waals surface area contributed by atoms with E-state index in [2.05, 4.69) is 12.2 Å². The monoisotopic (exact) mass is 239 g/mol. The third-order valence-corrected chi connectivity index (χ3v) is 2.75. The lowest BCUT2D eigenvalue weighted by Crippen LogP contribution is -2.29. The van der Waals surface area contributed by atoms with E-state index in [-0.39, 0.29) is 30.2 Å². The van der Waals surface area contributed by atoms with Crippen LogP contribution in [0.25, 0.3) is 0 Å². The quantitative estimate of drug-likeness (QED) is 0.612. The van der Waals surface area contributed by atoms with Crippen LogP contribution in [0.2, 0.25) is 0 Å². The largest absolute Gasteiger partial charge is 0.508 e. The van der Waals surface area contributed by atoms with Crippen LogP contribution < -0.4 is 5.32 Å². The van der Waals surface area contributed by atoms with Crippen molar-refractivity contribution in [3.63, 3.8) is 0 Å². The molecule has 0 aliphatic heterocycles. The predicted molar refractivity (Wildman–Crippen MR) is 67.1 cm³/mol. The second-order valence-corrected chi connectivity index (χ2v) is 4.44. The summed E-state index contributed by atoms with van der Waals surface area (Å²) in [7, 11) is 0. The van der Waals surface area contributed by atoms with Crippen molar-refractivity contribution in [1.82, 2.24) is 5.32 Å². The molecule has 2 unspecified atom stereocenters. The molecule has 1 aromatic rings. The Morgan fingerprint density at radius 3 is 2.24 bits per heavy atom. The van der Waals surface area contributed by atoms with Gasteiger partial charge in [-0.3, -0.25) is 0 Å². The van der Waals surface area contributed by atoms with E-state index in [1.54, 1.807) is 12.1 Å². The zero-order valence-electron chi connectivity index (χ0n) is 10.3. The summed E-state index contributed by atoms with van der Waals surface area (Å²) >= 11 is 0. The summed E-state index contributed by atoms with van der Waals surface area (Å²) in [6.45, 7) is 4.23. The minimum atomic E-state index is 0.0432. The molecule has 0 aliphatic rings. The molecule has 0 aromatic heterocycles. The van der Waals surface area contributed by atoms with Gasteiger partial charge in [0, 0.05) is 24.8 Å². The number of hydrogen-bond acceptors (Lipinski definition) is 4. The molecule has 0 heterocycles. The van der Waals surface area contributed by atoms with Crippen molar-refractivity contribution in [2.75, 3.05) is 6.61 Å². The van der Waals surface area contributed by atoms with Gasteiger partial charge in [-0.2, -0.15) is 0 Å². The van der Waals surface area contributed by atoms with Gasteiger partial charge in [-0.05, 0) is 44.4 Å². The molecule has 0 amide bonds. The minimum Gasteiger partial charge on any atom is -0.508 e. The maximum absolute atomic E-state index is 9.40. The fraction of sp³-hybridized carbons (Fsp3) is 0.538. The zero-order valence-corrected chi connectivity index (χ0v) is 10.3. The fourth-order valence-electron chi connectivity index (χ4n) is 1.87. The highest BCUT2D eigenvalue weighted by molar-refractivity contribution is 5.37. The molecule has 0 bridgehead atoms. The van der Waals surface area contributed by atoms with Gasteiger partial charge in [0.2, 0.25) is 0 Å². The number of aromatic hydroxyl groups is 2. The smallest absolute Gasteiger partial charge is 0.119 e. The Kier molecular flexibility index (Phi) is 5.25. The number of hydrogen-bond donors (Lipinski definition) is 4. The predicted octanol–water partition coefficient (Wildman–Crippen LogP) is 1.91. The molecule has 4 heteroatoms. The number of nitrogens with one attached hydrogen (secondary N) is 1. The van der Waals surface area contributed by atoms with Gasteiger partial charge in [-0.25, -0.2) is 0 Å². The molecule has 0 saturated carbocycles. The molecule has 0 radical (unpaired) electrons. The van der Waals surface area contributed by atoms with Gasteiger partial charge in [0.15, 0.2) is 0 Å². The number of rotatable bonds is 6. The molecule has 17 heavy (non-hydrogen) atoms. The Morgan fingerprint density at radius 1 is 1.12 bits per heavy atom. The fourth-order valence-corrected chi connectivity index (χ4v) is 1.87. The van der Waals surface area contributed by atoms with Crippen molar-refractivity contribution in [1.29, 1.82) is 0 Å². The van der Waals surface area contributed by atoms with Crippen LogP contribution in [0.3, 0.4) is 0 Å². The van der Waals surface area contributed by atoms with Crippen LogP contribution in [-0.2, 0) is 0 Å². The summed E-state index contributed by atoms with van der Waals surface area (Å²) in [6.07, 6.45) is 1.66. The van der Waals surface area contributed by atoms with E-state index >= 15 is 0 Å². The van der Waals surface area contributed by atoms with E-state index in [9.17, 15) is 10.2 Å². The van der Waals surface area contributed by atoms with Crippen molar-refractivity contribution in [3.8, 4) is 11.5 Å². The molecule has 0 spiro atoms. The van der Waals surface area contributed by atoms with Gasteiger partial charge in [0.25, 0.3) is 0 Å². The highest BCUT2D eigenvalue weighted by Gasteiger charge is 2.10. The van der Waals surface area contributed by atoms with E-state index in [0.717, 1.165) is 18.4 Å². The third kappa shape index (κ3) is 4.63. The molecule has 2 atom stereocenters. The SMILES string of the molecule is CC(CCCO)NC(C)c1cc(O)cc(O)c1. The van der Waals surface area contributed by atoms with Gasteiger partial charge >= 0.3 is 0 Å². The second kappa shape index (κ2) is 6.47. The molecule has 0 saturated heterocycles. The van der Waals surface area contributed by atoms with E-state index in [1.807, 2.05) is 6.92 Å². The summed E-state index contributed by atoms with van der Waals surface area (Å²) in [5.41, 5.74) is 0.846. The van der Waals surface area contributed by atoms with Gasteiger partial charge < -0.3 is 20.6 Å². The second-order valence-electron chi connectivity index (χ2n) is 4.44. The maximum Gasteiger partial charge on any atom is 0.119 e. The van der Waals surface area contributed by atoms with Crippen LogP contribution >= 0.6 is 0 Å². The Bertz CT molecular complexity index is 334. The topological polar surface area (TPSA) is 72.7 Å². The highest BCUT2D eigenvalue weighted by Crippen LogP contribution is 2.25. The summed E-state index contributed by atoms with van der Waals surface area (Å²) in [5, 5.41) is 30.9. The lowest BCUT2D eigenvalue weighted by molar-refractivity contribution is 0.274. The highest BCUT2D eigenvalue weighted by atomic mass is 16.3. The van der Waals surface area contributed by atoms with Crippen LogP contribution in [0, 0.1) is 0 Å². The molecular weight excluding hydrogens is 218 g/mol. The summed E-state index contributed by atoms with van der Waals surface area (Å²) in [5.74, 6) is 0.133. The number of aliphatic hydroxyl groups excluding tert-OH is 1. The molecule has 4 N–H and O–H groups in total. The van der Waals surface area contributed by atoms with E-state index in [1.165, 1.54) is 6.07 Å². The molecule has 4 nitrogen and oxygen atoms in total. The van der Waals surface area contributed by atoms with E-state index in [0.29, 0.717) is 0 Å². The Morgan fingerprint density at radius 2 is 1.71 bits per heavy atom. The molecule has 1 rings (SSSR count). The van der Waals surface area contributed by atoms with E-state index < -0.39 is 0 Å². The first-order valence-corrected chi connectivity index (χ1v) is 5.92. The van der Waals surface area contributed by atoms with Crippen LogP contribution in [0.15, 0.2) is 18.2 Å². The number of phenols is 2. The Balaban J connectivity index is 2.59. The van der Waals surface area contributed by atoms with Crippen LogP contribution in [0.1, 0.15) is 38.3 Å². The van der Waals surface area contributed by atoms with Gasteiger partial charge in [-0.15, -0.1) is 0 Å².